The van der Waals surface area contributed by atoms with E-state index in [1.54, 1.807) is 0 Å². The van der Waals surface area contributed by atoms with Gasteiger partial charge < -0.3 is 15.2 Å². The number of rotatable bonds is 7. The zero-order valence-corrected chi connectivity index (χ0v) is 15.0. The Labute approximate surface area is 153 Å². The van der Waals surface area contributed by atoms with E-state index in [1.165, 1.54) is 5.56 Å². The molecule has 1 saturated heterocycles. The van der Waals surface area contributed by atoms with E-state index in [0.29, 0.717) is 43.0 Å². The summed E-state index contributed by atoms with van der Waals surface area (Å²) in [6.07, 6.45) is 4.25. The quantitative estimate of drug-likeness (QED) is 0.825. The van der Waals surface area contributed by atoms with Gasteiger partial charge in [0.1, 0.15) is 0 Å². The summed E-state index contributed by atoms with van der Waals surface area (Å²) in [5, 5.41) is 4.02. The maximum Gasteiger partial charge on any atom is 0.226 e. The van der Waals surface area contributed by atoms with Crippen molar-refractivity contribution in [1.29, 1.82) is 0 Å². The molecule has 6 nitrogen and oxygen atoms in total. The first kappa shape index (κ1) is 17.2. The molecule has 2 N–H and O–H groups in total. The molecule has 0 radical (unpaired) electrons. The fraction of sp³-hybridized carbons (Fsp3) is 0.550. The van der Waals surface area contributed by atoms with Gasteiger partial charge in [-0.05, 0) is 37.3 Å². The van der Waals surface area contributed by atoms with Gasteiger partial charge in [0.05, 0.1) is 0 Å². The van der Waals surface area contributed by atoms with Gasteiger partial charge in [0.15, 0.2) is 5.82 Å². The molecule has 26 heavy (non-hydrogen) atoms. The van der Waals surface area contributed by atoms with Gasteiger partial charge in [0, 0.05) is 37.8 Å². The Bertz CT molecular complexity index is 741. The average Bonchev–Trinajstić information content (AvgIpc) is 3.26. The van der Waals surface area contributed by atoms with Crippen LogP contribution in [-0.2, 0) is 11.2 Å². The maximum atomic E-state index is 12.6. The number of aryl methyl sites for hydroxylation is 1. The van der Waals surface area contributed by atoms with Crippen LogP contribution in [0.1, 0.15) is 54.8 Å². The summed E-state index contributed by atoms with van der Waals surface area (Å²) in [4.78, 5) is 19.0. The molecule has 2 fully saturated rings. The van der Waals surface area contributed by atoms with Crippen LogP contribution in [0.15, 0.2) is 34.9 Å². The van der Waals surface area contributed by atoms with Crippen molar-refractivity contribution in [1.82, 2.24) is 15.0 Å². The van der Waals surface area contributed by atoms with Crippen LogP contribution in [0.3, 0.4) is 0 Å². The predicted molar refractivity (Wildman–Crippen MR) is 97.5 cm³/mol. The van der Waals surface area contributed by atoms with Crippen molar-refractivity contribution >= 4 is 5.91 Å². The molecular formula is C20H26N4O2. The van der Waals surface area contributed by atoms with Crippen LogP contribution in [0, 0.1) is 5.92 Å². The molecule has 1 aromatic carbocycles. The Morgan fingerprint density at radius 2 is 2.04 bits per heavy atom. The van der Waals surface area contributed by atoms with Gasteiger partial charge in [-0.25, -0.2) is 0 Å². The minimum absolute atomic E-state index is 0.198. The number of amides is 1. The lowest BCUT2D eigenvalue weighted by Gasteiger charge is -2.16. The number of likely N-dealkylation sites (tertiary alicyclic amines) is 1. The van der Waals surface area contributed by atoms with E-state index in [-0.39, 0.29) is 5.91 Å². The van der Waals surface area contributed by atoms with E-state index in [9.17, 15) is 4.79 Å². The van der Waals surface area contributed by atoms with E-state index in [2.05, 4.69) is 22.3 Å². The van der Waals surface area contributed by atoms with Crippen molar-refractivity contribution in [2.75, 3.05) is 19.6 Å². The zero-order chi connectivity index (χ0) is 17.9. The summed E-state index contributed by atoms with van der Waals surface area (Å²) in [5.41, 5.74) is 7.24. The van der Waals surface area contributed by atoms with Crippen molar-refractivity contribution in [2.24, 2.45) is 11.7 Å². The van der Waals surface area contributed by atoms with Gasteiger partial charge in [-0.2, -0.15) is 4.98 Å². The molecule has 1 aliphatic heterocycles. The number of hydrogen-bond acceptors (Lipinski definition) is 5. The van der Waals surface area contributed by atoms with Crippen LogP contribution >= 0.6 is 0 Å². The first-order chi connectivity index (χ1) is 12.7. The molecule has 2 aromatic rings. The Balaban J connectivity index is 1.28. The topological polar surface area (TPSA) is 85.2 Å². The van der Waals surface area contributed by atoms with Crippen LogP contribution in [0.4, 0.5) is 0 Å². The summed E-state index contributed by atoms with van der Waals surface area (Å²) in [7, 11) is 0. The highest BCUT2D eigenvalue weighted by Gasteiger charge is 2.35. The zero-order valence-electron chi connectivity index (χ0n) is 15.0. The van der Waals surface area contributed by atoms with Crippen molar-refractivity contribution in [2.45, 2.75) is 43.9 Å². The molecule has 6 heteroatoms. The molecule has 2 heterocycles. The molecular weight excluding hydrogens is 328 g/mol. The van der Waals surface area contributed by atoms with E-state index in [4.69, 9.17) is 10.3 Å². The van der Waals surface area contributed by atoms with Crippen molar-refractivity contribution in [3.8, 4) is 0 Å². The third-order valence-electron chi connectivity index (χ3n) is 5.53. The predicted octanol–water partition coefficient (Wildman–Crippen LogP) is 2.47. The molecule has 1 amide bonds. The molecule has 138 valence electrons. The standard InChI is InChI=1S/C20H26N4O2/c21-11-16-12-24(13-17(16)14-5-2-1-3-6-14)19(25)8-4-7-18-22-20(23-26-18)15-9-10-15/h1-3,5-6,15-17H,4,7-13,21H2/t16-,17+/m1/s1. The van der Waals surface area contributed by atoms with Crippen molar-refractivity contribution in [3.63, 3.8) is 0 Å². The number of benzene rings is 1. The summed E-state index contributed by atoms with van der Waals surface area (Å²) < 4.78 is 5.28. The van der Waals surface area contributed by atoms with Gasteiger partial charge in [-0.1, -0.05) is 35.5 Å². The molecule has 2 aliphatic rings. The number of nitrogens with zero attached hydrogens (tertiary/aromatic N) is 3. The molecule has 0 spiro atoms. The molecule has 1 aromatic heterocycles. The Morgan fingerprint density at radius 3 is 2.77 bits per heavy atom. The van der Waals surface area contributed by atoms with Gasteiger partial charge in [0.25, 0.3) is 0 Å². The van der Waals surface area contributed by atoms with Crippen LogP contribution in [-0.4, -0.2) is 40.6 Å². The monoisotopic (exact) mass is 354 g/mol. The highest BCUT2D eigenvalue weighted by molar-refractivity contribution is 5.76. The Kier molecular flexibility index (Phi) is 5.02. The van der Waals surface area contributed by atoms with Crippen molar-refractivity contribution < 1.29 is 9.32 Å². The number of carbonyl (C=O) groups excluding carboxylic acids is 1. The SMILES string of the molecule is NC[C@@H]1CN(C(=O)CCCc2nc(C3CC3)no2)C[C@H]1c1ccccc1. The highest BCUT2D eigenvalue weighted by atomic mass is 16.5. The van der Waals surface area contributed by atoms with Gasteiger partial charge in [-0.3, -0.25) is 4.79 Å². The lowest BCUT2D eigenvalue weighted by molar-refractivity contribution is -0.130. The average molecular weight is 354 g/mol. The van der Waals surface area contributed by atoms with Gasteiger partial charge >= 0.3 is 0 Å². The molecule has 0 bridgehead atoms. The molecule has 1 saturated carbocycles. The van der Waals surface area contributed by atoms with Crippen LogP contribution in [0.5, 0.6) is 0 Å². The number of nitrogens with two attached hydrogens (primary N) is 1. The van der Waals surface area contributed by atoms with Crippen LogP contribution < -0.4 is 5.73 Å². The fourth-order valence-corrected chi connectivity index (χ4v) is 3.82. The lowest BCUT2D eigenvalue weighted by Crippen LogP contribution is -2.29. The second-order valence-electron chi connectivity index (χ2n) is 7.49. The number of aromatic nitrogens is 2. The summed E-state index contributed by atoms with van der Waals surface area (Å²) in [6, 6.07) is 10.4. The first-order valence-corrected chi connectivity index (χ1v) is 9.60. The summed E-state index contributed by atoms with van der Waals surface area (Å²) in [5.74, 6) is 2.86. The molecule has 4 rings (SSSR count). The Morgan fingerprint density at radius 1 is 1.23 bits per heavy atom. The van der Waals surface area contributed by atoms with Crippen LogP contribution in [0.2, 0.25) is 0 Å². The van der Waals surface area contributed by atoms with E-state index in [0.717, 1.165) is 38.2 Å². The summed E-state index contributed by atoms with van der Waals surface area (Å²) in [6.45, 7) is 2.12. The van der Waals surface area contributed by atoms with Crippen LogP contribution in [0.25, 0.3) is 0 Å². The fourth-order valence-electron chi connectivity index (χ4n) is 3.82. The third-order valence-corrected chi connectivity index (χ3v) is 5.53. The highest BCUT2D eigenvalue weighted by Crippen LogP contribution is 2.38. The second kappa shape index (κ2) is 7.58. The molecule has 2 atom stereocenters. The minimum atomic E-state index is 0.198. The molecule has 1 aliphatic carbocycles. The van der Waals surface area contributed by atoms with Gasteiger partial charge in [-0.15, -0.1) is 0 Å². The van der Waals surface area contributed by atoms with E-state index >= 15 is 0 Å². The second-order valence-corrected chi connectivity index (χ2v) is 7.49. The third kappa shape index (κ3) is 3.80. The first-order valence-electron chi connectivity index (χ1n) is 9.60. The number of carbonyl (C=O) groups is 1. The largest absolute Gasteiger partial charge is 0.342 e. The Hall–Kier alpha value is -2.21. The van der Waals surface area contributed by atoms with Crippen molar-refractivity contribution in [3.05, 3.63) is 47.6 Å². The molecule has 0 unspecified atom stereocenters. The van der Waals surface area contributed by atoms with Gasteiger partial charge in [0.2, 0.25) is 11.8 Å². The lowest BCUT2D eigenvalue weighted by atomic mass is 9.89. The summed E-state index contributed by atoms with van der Waals surface area (Å²) >= 11 is 0. The smallest absolute Gasteiger partial charge is 0.226 e. The minimum Gasteiger partial charge on any atom is -0.342 e. The van der Waals surface area contributed by atoms with E-state index < -0.39 is 0 Å². The number of hydrogen-bond donors (Lipinski definition) is 1. The normalized spacial score (nSPS) is 22.7. The maximum absolute atomic E-state index is 12.6. The van der Waals surface area contributed by atoms with E-state index in [1.807, 2.05) is 23.1 Å².